The van der Waals surface area contributed by atoms with Crippen molar-refractivity contribution in [1.82, 2.24) is 26.3 Å². The van der Waals surface area contributed by atoms with Gasteiger partial charge >= 0.3 is 5.97 Å². The van der Waals surface area contributed by atoms with Crippen LogP contribution >= 0.6 is 0 Å². The number of cyclic esters (lactones) is 1. The smallest absolute Gasteiger partial charge is 0.338 e. The SMILES string of the molecule is CC(=O)NCC(N)=O.CCC(=O)NCCCOC.CCC1(O)CCCOC1=O.CCC1OC(OCC2OC(OCC3OC(OO)C(OC)C(O)C3O)C(O)C(O)C2O)C(O)C(O)C1O.CCCC.CCCC.CCCC.CCCC.CCCC.CCCC.CCCCNC.CCc1ccnc2ccccc12.CNC(C)=O.O=C1C=CC=CC1. The van der Waals surface area contributed by atoms with Gasteiger partial charge in [-0.05, 0) is 82.3 Å². The fraction of sp³-hybridized carbons (Fsp3) is 0.782. The first-order valence-electron chi connectivity index (χ1n) is 42.8. The average molecular weight is 1700 g/mol. The number of esters is 1. The number of rotatable bonds is 27. The molecule has 5 aliphatic rings. The molecule has 16 atom stereocenters. The summed E-state index contributed by atoms with van der Waals surface area (Å²) < 4.78 is 41.5. The van der Waals surface area contributed by atoms with Crippen molar-refractivity contribution in [2.75, 3.05) is 74.4 Å². The number of carbonyl (C=O) groups excluding carboxylic acids is 6. The Morgan fingerprint density at radius 1 is 0.576 bits per heavy atom. The number of ether oxygens (including phenoxy) is 8. The van der Waals surface area contributed by atoms with Gasteiger partial charge in [-0.1, -0.05) is 238 Å². The number of amides is 4. The summed E-state index contributed by atoms with van der Waals surface area (Å²) in [7, 11) is 6.44. The van der Waals surface area contributed by atoms with Gasteiger partial charge in [0, 0.05) is 72.7 Å². The lowest BCUT2D eigenvalue weighted by Gasteiger charge is -2.44. The second-order valence-corrected chi connectivity index (χ2v) is 27.5. The first-order valence-corrected chi connectivity index (χ1v) is 42.8. The summed E-state index contributed by atoms with van der Waals surface area (Å²) in [5.74, 6) is -0.922. The van der Waals surface area contributed by atoms with E-state index >= 15 is 0 Å². The number of primary amides is 1. The highest BCUT2D eigenvalue weighted by atomic mass is 17.1. The second-order valence-electron chi connectivity index (χ2n) is 27.5. The van der Waals surface area contributed by atoms with E-state index in [9.17, 15) is 74.7 Å². The van der Waals surface area contributed by atoms with E-state index < -0.39 is 123 Å². The van der Waals surface area contributed by atoms with E-state index in [-0.39, 0.29) is 30.0 Å². The lowest BCUT2D eigenvalue weighted by molar-refractivity contribution is -0.410. The number of aryl methyl sites for hydroxylation is 1. The standard InChI is InChI=1S/C20H36O16.C11H11N.C7H15NO2.C7H12O3.C6H6O.C5H13N.C4H8N2O2.6C4H10.C3H7NO/c1-3-6-9(21)12(24)15(27)18(33-6)31-4-7-10(22)13(25)16(28)19(34-7)32-5-8-11(23)14(26)17(30-2)20(35-8)36-29;1-2-9-7-8-12-11-6-4-3-5-10(9)11;1-3-7(9)8-5-4-6-10-2;1-2-7(9)4-3-5-10-6(7)8;7-6-4-2-1-3-5-6;1-3-4-5-6-2;1-3(7)6-2-4(5)8;6*1-3-4-2;1-3(5)4-2/h6-29H,3-5H2,1-2H3;3-8H,2H2,1H3;3-6H2,1-2H3,(H,8,9);9H,2-5H2,1H3;1-4H,5H2;6H,3-5H2,1-2H3;2H2,1H3,(H2,5,8)(H,6,7);6*3-4H2,1-2H3;1-2H3,(H,4,5). The average Bonchev–Trinajstić information content (AvgIpc) is 0.794. The molecule has 2 aromatic rings. The Bertz CT molecular complexity index is 2640. The summed E-state index contributed by atoms with van der Waals surface area (Å²) >= 11 is 0. The van der Waals surface area contributed by atoms with E-state index in [1.54, 1.807) is 40.2 Å². The number of nitrogens with one attached hydrogen (secondary N) is 4. The monoisotopic (exact) mass is 1700 g/mol. The molecule has 0 spiro atoms. The van der Waals surface area contributed by atoms with Gasteiger partial charge in [0.05, 0.1) is 38.0 Å². The molecule has 5 heterocycles. The van der Waals surface area contributed by atoms with Gasteiger partial charge in [-0.15, -0.1) is 0 Å². The van der Waals surface area contributed by atoms with E-state index in [2.05, 4.69) is 158 Å². The Labute approximate surface area is 709 Å². The highest BCUT2D eigenvalue weighted by molar-refractivity contribution is 5.92. The molecule has 4 amide bonds. The number of nitrogens with zero attached hydrogens (tertiary/aromatic N) is 1. The van der Waals surface area contributed by atoms with Crippen LogP contribution in [0.25, 0.3) is 10.9 Å². The van der Waals surface area contributed by atoms with E-state index in [4.69, 9.17) is 43.2 Å². The fourth-order valence-electron chi connectivity index (χ4n) is 8.52. The van der Waals surface area contributed by atoms with Crippen molar-refractivity contribution in [3.05, 3.63) is 66.4 Å². The summed E-state index contributed by atoms with van der Waals surface area (Å²) in [5.41, 5.74) is 5.97. The van der Waals surface area contributed by atoms with Gasteiger partial charge < -0.3 is 111 Å². The third kappa shape index (κ3) is 65.1. The van der Waals surface area contributed by atoms with Gasteiger partial charge in [0.2, 0.25) is 29.9 Å². The molecule has 16 unspecified atom stereocenters. The third-order valence-corrected chi connectivity index (χ3v) is 17.3. The number of aliphatic hydroxyl groups excluding tert-OH is 8. The molecule has 31 nitrogen and oxygen atoms in total. The topological polar surface area (TPSA) is 475 Å². The fourth-order valence-corrected chi connectivity index (χ4v) is 8.52. The molecule has 0 radical (unpaired) electrons. The molecule has 118 heavy (non-hydrogen) atoms. The molecule has 696 valence electrons. The van der Waals surface area contributed by atoms with Crippen molar-refractivity contribution in [1.29, 1.82) is 0 Å². The Morgan fingerprint density at radius 3 is 1.37 bits per heavy atom. The number of nitrogens with two attached hydrogens (primary N) is 1. The Morgan fingerprint density at radius 2 is 1.04 bits per heavy atom. The van der Waals surface area contributed by atoms with Gasteiger partial charge in [-0.3, -0.25) is 29.0 Å². The minimum absolute atomic E-state index is 0.00463. The van der Waals surface area contributed by atoms with Crippen LogP contribution in [0, 0.1) is 0 Å². The third-order valence-electron chi connectivity index (χ3n) is 17.3. The summed E-state index contributed by atoms with van der Waals surface area (Å²) in [6, 6.07) is 10.3. The van der Waals surface area contributed by atoms with Crippen molar-refractivity contribution >= 4 is 46.3 Å². The van der Waals surface area contributed by atoms with Gasteiger partial charge in [-0.25, -0.2) is 14.9 Å². The summed E-state index contributed by atoms with van der Waals surface area (Å²) in [6.07, 6.45) is 10.8. The van der Waals surface area contributed by atoms with Crippen LogP contribution in [0.2, 0.25) is 0 Å². The van der Waals surface area contributed by atoms with Crippen LogP contribution in [0.1, 0.15) is 272 Å². The zero-order valence-electron chi connectivity index (χ0n) is 76.6. The zero-order valence-corrected chi connectivity index (χ0v) is 76.6. The molecule has 16 N–H and O–H groups in total. The molecule has 0 saturated carbocycles. The quantitative estimate of drug-likeness (QED) is 0.0171. The molecule has 1 aromatic carbocycles. The Balaban J connectivity index is -0.000000250. The number of carbonyl (C=O) groups is 6. The predicted octanol–water partition coefficient (Wildman–Crippen LogP) is 10.1. The second kappa shape index (κ2) is 86.3. The number of unbranched alkanes of at least 4 members (excludes halogenated alkanes) is 7. The van der Waals surface area contributed by atoms with Crippen molar-refractivity contribution in [3.8, 4) is 0 Å². The normalized spacial score (nSPS) is 23.9. The summed E-state index contributed by atoms with van der Waals surface area (Å²) in [6.45, 7) is 40.6. The molecule has 0 bridgehead atoms. The number of methoxy groups -OCH3 is 2. The lowest BCUT2D eigenvalue weighted by Crippen LogP contribution is -2.62. The largest absolute Gasteiger partial charge is 0.464 e. The molecule has 4 aliphatic heterocycles. The number of aromatic nitrogens is 1. The molecule has 4 saturated heterocycles. The zero-order chi connectivity index (χ0) is 91.8. The van der Waals surface area contributed by atoms with Crippen LogP contribution in [-0.4, -0.2) is 264 Å². The molecule has 1 aliphatic carbocycles. The highest BCUT2D eigenvalue weighted by Gasteiger charge is 2.50. The van der Waals surface area contributed by atoms with Crippen LogP contribution in [0.15, 0.2) is 60.8 Å². The Kier molecular flexibility index (Phi) is 91.8. The maximum Gasteiger partial charge on any atom is 0.338 e. The van der Waals surface area contributed by atoms with Gasteiger partial charge in [-0.2, -0.15) is 0 Å². The van der Waals surface area contributed by atoms with E-state index in [1.807, 2.05) is 38.4 Å². The van der Waals surface area contributed by atoms with Crippen molar-refractivity contribution in [2.24, 2.45) is 5.73 Å². The number of aliphatic hydroxyl groups is 9. The van der Waals surface area contributed by atoms with Crippen LogP contribution in [0.5, 0.6) is 0 Å². The van der Waals surface area contributed by atoms with E-state index in [0.717, 1.165) is 37.9 Å². The van der Waals surface area contributed by atoms with Crippen LogP contribution in [0.3, 0.4) is 0 Å². The first-order chi connectivity index (χ1) is 56.1. The molecule has 31 heteroatoms. The first kappa shape index (κ1) is 126. The number of pyridine rings is 1. The lowest BCUT2D eigenvalue weighted by atomic mass is 9.93. The number of hydrogen-bond donors (Lipinski definition) is 15. The van der Waals surface area contributed by atoms with E-state index in [1.165, 1.54) is 122 Å². The van der Waals surface area contributed by atoms with Crippen LogP contribution in [-0.2, 0) is 78.0 Å². The van der Waals surface area contributed by atoms with Gasteiger partial charge in [0.25, 0.3) is 0 Å². The van der Waals surface area contributed by atoms with Crippen LogP contribution in [0.4, 0.5) is 0 Å². The minimum atomic E-state index is -1.75. The summed E-state index contributed by atoms with van der Waals surface area (Å²) in [5, 5.41) is 112. The maximum atomic E-state index is 10.9. The highest BCUT2D eigenvalue weighted by Crippen LogP contribution is 2.30. The molecule has 4 fully saturated rings. The Hall–Kier alpha value is -5.63. The van der Waals surface area contributed by atoms with E-state index in [0.29, 0.717) is 45.3 Å². The number of fused-ring (bicyclic) bond motifs is 1. The number of allylic oxidation sites excluding steroid dienone is 4. The molecule has 1 aromatic heterocycles. The van der Waals surface area contributed by atoms with Crippen LogP contribution < -0.4 is 27.0 Å². The minimum Gasteiger partial charge on any atom is -0.464 e. The molecular formula is C87H168N6O25. The van der Waals surface area contributed by atoms with Gasteiger partial charge in [0.1, 0.15) is 67.1 Å². The maximum absolute atomic E-state index is 10.9. The number of ketones is 1. The number of hydrogen-bond acceptors (Lipinski definition) is 27. The molecular weight excluding hydrogens is 1530 g/mol. The van der Waals surface area contributed by atoms with Crippen molar-refractivity contribution < 1.29 is 123 Å². The number of benzene rings is 1. The summed E-state index contributed by atoms with van der Waals surface area (Å²) in [4.78, 5) is 69.9. The van der Waals surface area contributed by atoms with Crippen molar-refractivity contribution in [3.63, 3.8) is 0 Å². The van der Waals surface area contributed by atoms with Crippen molar-refractivity contribution in [2.45, 2.75) is 371 Å². The number of para-hydroxylation sites is 1. The predicted molar refractivity (Wildman–Crippen MR) is 465 cm³/mol. The van der Waals surface area contributed by atoms with Gasteiger partial charge in [0.15, 0.2) is 24.0 Å². The molecule has 7 rings (SSSR count).